The van der Waals surface area contributed by atoms with Crippen LogP contribution in [0.4, 0.5) is 11.5 Å². The smallest absolute Gasteiger partial charge is 0.251 e. The maximum atomic E-state index is 12.7. The van der Waals surface area contributed by atoms with Crippen molar-refractivity contribution in [3.63, 3.8) is 0 Å². The molecule has 2 aliphatic rings. The van der Waals surface area contributed by atoms with Gasteiger partial charge in [0.2, 0.25) is 5.91 Å². The van der Waals surface area contributed by atoms with Crippen molar-refractivity contribution in [2.75, 3.05) is 10.6 Å². The summed E-state index contributed by atoms with van der Waals surface area (Å²) in [5.41, 5.74) is 3.46. The average Bonchev–Trinajstić information content (AvgIpc) is 3.61. The summed E-state index contributed by atoms with van der Waals surface area (Å²) in [5.74, 6) is 0.605. The molecule has 4 N–H and O–H groups in total. The summed E-state index contributed by atoms with van der Waals surface area (Å²) in [5, 5.41) is 19.3. The molecule has 164 valence electrons. The summed E-state index contributed by atoms with van der Waals surface area (Å²) in [6.45, 7) is 2.54. The van der Waals surface area contributed by atoms with Crippen LogP contribution in [0, 0.1) is 12.8 Å². The molecule has 2 saturated carbocycles. The Morgan fingerprint density at radius 3 is 2.61 bits per heavy atom. The first-order chi connectivity index (χ1) is 15.0. The number of aliphatic hydroxyl groups excluding tert-OH is 1. The summed E-state index contributed by atoms with van der Waals surface area (Å²) >= 11 is 0. The number of nitrogens with one attached hydrogen (secondary N) is 3. The molecule has 0 radical (unpaired) electrons. The topological polar surface area (TPSA) is 103 Å². The predicted octanol–water partition coefficient (Wildman–Crippen LogP) is 3.38. The lowest BCUT2D eigenvalue weighted by Crippen LogP contribution is -2.45. The molecule has 0 aliphatic heterocycles. The molecule has 0 spiro atoms. The van der Waals surface area contributed by atoms with Gasteiger partial charge in [-0.1, -0.05) is 25.0 Å². The first-order valence-electron chi connectivity index (χ1n) is 11.1. The Kier molecular flexibility index (Phi) is 6.51. The standard InChI is InChI=1S/C24H30N4O3/c1-15-6-8-18(24(31)27-19-4-2-3-5-21(19)29)12-20(15)25-13-16-7-11-22(26-14-16)28-23(30)17-9-10-17/h6-8,11-12,14,17,19,21,25,29H,2-5,9-10,13H2,1H3,(H,27,31)(H,26,28,30)/t19-,21-/m0/s1. The molecule has 1 heterocycles. The molecule has 0 saturated heterocycles. The van der Waals surface area contributed by atoms with Gasteiger partial charge in [-0.15, -0.1) is 0 Å². The van der Waals surface area contributed by atoms with E-state index in [2.05, 4.69) is 20.9 Å². The van der Waals surface area contributed by atoms with Crippen molar-refractivity contribution in [1.29, 1.82) is 0 Å². The number of rotatable bonds is 7. The summed E-state index contributed by atoms with van der Waals surface area (Å²) in [6, 6.07) is 9.14. The van der Waals surface area contributed by atoms with Crippen molar-refractivity contribution in [2.45, 2.75) is 64.1 Å². The number of aliphatic hydroxyl groups is 1. The minimum Gasteiger partial charge on any atom is -0.391 e. The van der Waals surface area contributed by atoms with Gasteiger partial charge in [-0.3, -0.25) is 9.59 Å². The van der Waals surface area contributed by atoms with Crippen molar-refractivity contribution in [1.82, 2.24) is 10.3 Å². The number of pyridine rings is 1. The van der Waals surface area contributed by atoms with Gasteiger partial charge < -0.3 is 21.1 Å². The van der Waals surface area contributed by atoms with Gasteiger partial charge in [0.1, 0.15) is 5.82 Å². The molecular formula is C24H30N4O3. The molecule has 0 unspecified atom stereocenters. The highest BCUT2D eigenvalue weighted by atomic mass is 16.3. The molecule has 2 atom stereocenters. The van der Waals surface area contributed by atoms with Crippen LogP contribution in [0.1, 0.15) is 60.0 Å². The van der Waals surface area contributed by atoms with Crippen LogP contribution in [0.2, 0.25) is 0 Å². The highest BCUT2D eigenvalue weighted by Gasteiger charge is 2.29. The molecule has 2 amide bonds. The number of carbonyl (C=O) groups is 2. The molecule has 2 aliphatic carbocycles. The predicted molar refractivity (Wildman–Crippen MR) is 120 cm³/mol. The number of hydrogen-bond donors (Lipinski definition) is 4. The molecule has 4 rings (SSSR count). The maximum Gasteiger partial charge on any atom is 0.251 e. The van der Waals surface area contributed by atoms with Gasteiger partial charge in [-0.2, -0.15) is 0 Å². The number of anilines is 2. The van der Waals surface area contributed by atoms with Crippen LogP contribution in [0.15, 0.2) is 36.5 Å². The van der Waals surface area contributed by atoms with E-state index >= 15 is 0 Å². The molecule has 1 aromatic heterocycles. The largest absolute Gasteiger partial charge is 0.391 e. The van der Waals surface area contributed by atoms with E-state index in [1.54, 1.807) is 6.20 Å². The molecule has 2 aromatic rings. The van der Waals surface area contributed by atoms with E-state index in [1.165, 1.54) is 0 Å². The Labute approximate surface area is 182 Å². The van der Waals surface area contributed by atoms with Gasteiger partial charge in [0.25, 0.3) is 5.91 Å². The second-order valence-corrected chi connectivity index (χ2v) is 8.63. The maximum absolute atomic E-state index is 12.7. The molecule has 31 heavy (non-hydrogen) atoms. The number of amides is 2. The Morgan fingerprint density at radius 2 is 1.90 bits per heavy atom. The zero-order chi connectivity index (χ0) is 21.8. The fraction of sp³-hybridized carbons (Fsp3) is 0.458. The summed E-state index contributed by atoms with van der Waals surface area (Å²) in [6.07, 6.45) is 6.79. The Hall–Kier alpha value is -2.93. The van der Waals surface area contributed by atoms with Crippen molar-refractivity contribution in [3.8, 4) is 0 Å². The lowest BCUT2D eigenvalue weighted by Gasteiger charge is -2.28. The fourth-order valence-electron chi connectivity index (χ4n) is 3.86. The third-order valence-corrected chi connectivity index (χ3v) is 6.05. The van der Waals surface area contributed by atoms with E-state index < -0.39 is 6.10 Å². The van der Waals surface area contributed by atoms with E-state index in [0.29, 0.717) is 17.9 Å². The highest BCUT2D eigenvalue weighted by Crippen LogP contribution is 2.30. The minimum atomic E-state index is -0.467. The van der Waals surface area contributed by atoms with E-state index in [4.69, 9.17) is 0 Å². The lowest BCUT2D eigenvalue weighted by atomic mass is 9.92. The summed E-state index contributed by atoms with van der Waals surface area (Å²) < 4.78 is 0. The third kappa shape index (κ3) is 5.61. The fourth-order valence-corrected chi connectivity index (χ4v) is 3.86. The quantitative estimate of drug-likeness (QED) is 0.548. The lowest BCUT2D eigenvalue weighted by molar-refractivity contribution is -0.117. The molecule has 1 aromatic carbocycles. The van der Waals surface area contributed by atoms with E-state index in [9.17, 15) is 14.7 Å². The minimum absolute atomic E-state index is 0.0461. The Balaban J connectivity index is 1.34. The van der Waals surface area contributed by atoms with Crippen LogP contribution in [-0.4, -0.2) is 34.1 Å². The van der Waals surface area contributed by atoms with E-state index in [-0.39, 0.29) is 23.8 Å². The average molecular weight is 423 g/mol. The van der Waals surface area contributed by atoms with Gasteiger partial charge in [0.15, 0.2) is 0 Å². The summed E-state index contributed by atoms with van der Waals surface area (Å²) in [4.78, 5) is 28.8. The molecule has 7 heteroatoms. The highest BCUT2D eigenvalue weighted by molar-refractivity contribution is 5.95. The normalized spacial score (nSPS) is 20.7. The van der Waals surface area contributed by atoms with Crippen LogP contribution in [0.3, 0.4) is 0 Å². The third-order valence-electron chi connectivity index (χ3n) is 6.05. The van der Waals surface area contributed by atoms with Crippen LogP contribution in [0.25, 0.3) is 0 Å². The van der Waals surface area contributed by atoms with Crippen LogP contribution in [-0.2, 0) is 11.3 Å². The van der Waals surface area contributed by atoms with Crippen LogP contribution >= 0.6 is 0 Å². The zero-order valence-corrected chi connectivity index (χ0v) is 17.9. The van der Waals surface area contributed by atoms with E-state index in [0.717, 1.165) is 55.3 Å². The molecule has 7 nitrogen and oxygen atoms in total. The second-order valence-electron chi connectivity index (χ2n) is 8.63. The first kappa shape index (κ1) is 21.3. The van der Waals surface area contributed by atoms with Crippen molar-refractivity contribution in [2.24, 2.45) is 5.92 Å². The van der Waals surface area contributed by atoms with Gasteiger partial charge >= 0.3 is 0 Å². The monoisotopic (exact) mass is 422 g/mol. The van der Waals surface area contributed by atoms with Crippen LogP contribution in [0.5, 0.6) is 0 Å². The van der Waals surface area contributed by atoms with Gasteiger partial charge in [0.05, 0.1) is 12.1 Å². The number of benzene rings is 1. The van der Waals surface area contributed by atoms with E-state index in [1.807, 2.05) is 37.3 Å². The second kappa shape index (κ2) is 9.47. The number of carbonyl (C=O) groups excluding carboxylic acids is 2. The number of aryl methyl sites for hydroxylation is 1. The van der Waals surface area contributed by atoms with Crippen molar-refractivity contribution < 1.29 is 14.7 Å². The molecule has 0 bridgehead atoms. The molecular weight excluding hydrogens is 392 g/mol. The molecule has 2 fully saturated rings. The van der Waals surface area contributed by atoms with Gasteiger partial charge in [0, 0.05) is 29.9 Å². The van der Waals surface area contributed by atoms with Gasteiger partial charge in [-0.05, 0) is 61.9 Å². The van der Waals surface area contributed by atoms with Crippen molar-refractivity contribution >= 4 is 23.3 Å². The zero-order valence-electron chi connectivity index (χ0n) is 17.9. The summed E-state index contributed by atoms with van der Waals surface area (Å²) in [7, 11) is 0. The first-order valence-corrected chi connectivity index (χ1v) is 11.1. The number of aromatic nitrogens is 1. The SMILES string of the molecule is Cc1ccc(C(=O)N[C@H]2CCCC[C@@H]2O)cc1NCc1ccc(NC(=O)C2CC2)nc1. The van der Waals surface area contributed by atoms with Crippen molar-refractivity contribution in [3.05, 3.63) is 53.2 Å². The number of nitrogens with zero attached hydrogens (tertiary/aromatic N) is 1. The Bertz CT molecular complexity index is 940. The van der Waals surface area contributed by atoms with Crippen LogP contribution < -0.4 is 16.0 Å². The van der Waals surface area contributed by atoms with Gasteiger partial charge in [-0.25, -0.2) is 4.98 Å². The Morgan fingerprint density at radius 1 is 1.10 bits per heavy atom. The number of hydrogen-bond acceptors (Lipinski definition) is 5.